The van der Waals surface area contributed by atoms with Crippen molar-refractivity contribution >= 4 is 11.9 Å². The predicted octanol–water partition coefficient (Wildman–Crippen LogP) is 3.35. The molecule has 0 saturated carbocycles. The van der Waals surface area contributed by atoms with E-state index in [1.54, 1.807) is 0 Å². The highest BCUT2D eigenvalue weighted by Gasteiger charge is 2.35. The van der Waals surface area contributed by atoms with Crippen molar-refractivity contribution in [3.63, 3.8) is 0 Å². The molecule has 0 spiro atoms. The Morgan fingerprint density at radius 3 is 1.84 bits per heavy atom. The highest BCUT2D eigenvalue weighted by atomic mass is 16.5. The minimum Gasteiger partial charge on any atom is -0.481 e. The van der Waals surface area contributed by atoms with Gasteiger partial charge in [0.1, 0.15) is 0 Å². The molecular formula is C15H28O4. The number of carbonyl (C=O) groups is 2. The van der Waals surface area contributed by atoms with Crippen molar-refractivity contribution in [3.05, 3.63) is 0 Å². The van der Waals surface area contributed by atoms with Gasteiger partial charge in [-0.3, -0.25) is 9.59 Å². The molecule has 0 rings (SSSR count). The lowest BCUT2D eigenvalue weighted by Crippen LogP contribution is -2.33. The Morgan fingerprint density at radius 2 is 1.47 bits per heavy atom. The molecule has 0 aromatic carbocycles. The second-order valence-corrected chi connectivity index (χ2v) is 5.98. The first kappa shape index (κ1) is 17.9. The van der Waals surface area contributed by atoms with Gasteiger partial charge in [-0.05, 0) is 31.1 Å². The number of rotatable bonds is 9. The van der Waals surface area contributed by atoms with Crippen LogP contribution in [0, 0.1) is 23.7 Å². The maximum Gasteiger partial charge on any atom is 0.309 e. The SMILES string of the molecule is CCCOC(=O)C(CC(C)C)C(CC(C)C)C(=O)O. The molecular weight excluding hydrogens is 244 g/mol. The molecule has 0 fully saturated rings. The topological polar surface area (TPSA) is 63.6 Å². The molecule has 0 saturated heterocycles. The Morgan fingerprint density at radius 1 is 1.00 bits per heavy atom. The summed E-state index contributed by atoms with van der Waals surface area (Å²) in [5.41, 5.74) is 0. The van der Waals surface area contributed by atoms with Gasteiger partial charge in [-0.2, -0.15) is 0 Å². The standard InChI is InChI=1S/C15H28O4/c1-6-7-19-15(18)13(9-11(4)5)12(14(16)17)8-10(2)3/h10-13H,6-9H2,1-5H3,(H,16,17). The van der Waals surface area contributed by atoms with Crippen LogP contribution in [-0.4, -0.2) is 23.7 Å². The number of carboxylic acid groups (broad SMARTS) is 1. The van der Waals surface area contributed by atoms with Crippen molar-refractivity contribution in [1.82, 2.24) is 0 Å². The molecule has 4 nitrogen and oxygen atoms in total. The van der Waals surface area contributed by atoms with Gasteiger partial charge >= 0.3 is 11.9 Å². The van der Waals surface area contributed by atoms with E-state index in [2.05, 4.69) is 0 Å². The Balaban J connectivity index is 4.94. The van der Waals surface area contributed by atoms with E-state index in [1.165, 1.54) is 0 Å². The van der Waals surface area contributed by atoms with Crippen molar-refractivity contribution in [1.29, 1.82) is 0 Å². The highest BCUT2D eigenvalue weighted by Crippen LogP contribution is 2.28. The molecule has 0 aliphatic heterocycles. The molecule has 0 bridgehead atoms. The van der Waals surface area contributed by atoms with Gasteiger partial charge in [-0.1, -0.05) is 34.6 Å². The molecule has 0 amide bonds. The number of ether oxygens (including phenoxy) is 1. The van der Waals surface area contributed by atoms with Crippen LogP contribution in [0.4, 0.5) is 0 Å². The second-order valence-electron chi connectivity index (χ2n) is 5.98. The van der Waals surface area contributed by atoms with E-state index in [4.69, 9.17) is 4.74 Å². The lowest BCUT2D eigenvalue weighted by atomic mass is 9.81. The van der Waals surface area contributed by atoms with E-state index in [1.807, 2.05) is 34.6 Å². The van der Waals surface area contributed by atoms with Gasteiger partial charge < -0.3 is 9.84 Å². The number of aliphatic carboxylic acids is 1. The van der Waals surface area contributed by atoms with E-state index < -0.39 is 17.8 Å². The van der Waals surface area contributed by atoms with Gasteiger partial charge in [0, 0.05) is 0 Å². The summed E-state index contributed by atoms with van der Waals surface area (Å²) < 4.78 is 5.16. The summed E-state index contributed by atoms with van der Waals surface area (Å²) in [6.07, 6.45) is 1.82. The molecule has 0 heterocycles. The molecule has 1 N–H and O–H groups in total. The van der Waals surface area contributed by atoms with Crippen molar-refractivity contribution in [2.24, 2.45) is 23.7 Å². The van der Waals surface area contributed by atoms with Crippen molar-refractivity contribution in [2.45, 2.75) is 53.9 Å². The zero-order valence-corrected chi connectivity index (χ0v) is 12.8. The number of esters is 1. The molecule has 0 aromatic heterocycles. The predicted molar refractivity (Wildman–Crippen MR) is 74.8 cm³/mol. The molecule has 0 aromatic rings. The average Bonchev–Trinajstić information content (AvgIpc) is 2.29. The normalized spacial score (nSPS) is 14.5. The van der Waals surface area contributed by atoms with Gasteiger partial charge in [0.25, 0.3) is 0 Å². The third-order valence-corrected chi connectivity index (χ3v) is 3.00. The van der Waals surface area contributed by atoms with Gasteiger partial charge in [0.05, 0.1) is 18.4 Å². The van der Waals surface area contributed by atoms with Crippen LogP contribution in [0.3, 0.4) is 0 Å². The lowest BCUT2D eigenvalue weighted by molar-refractivity contribution is -0.159. The van der Waals surface area contributed by atoms with Crippen LogP contribution in [0.1, 0.15) is 53.9 Å². The van der Waals surface area contributed by atoms with Crippen LogP contribution in [0.15, 0.2) is 0 Å². The summed E-state index contributed by atoms with van der Waals surface area (Å²) in [6, 6.07) is 0. The molecule has 0 radical (unpaired) electrons. The van der Waals surface area contributed by atoms with E-state index >= 15 is 0 Å². The van der Waals surface area contributed by atoms with Crippen molar-refractivity contribution < 1.29 is 19.4 Å². The highest BCUT2D eigenvalue weighted by molar-refractivity contribution is 5.81. The van der Waals surface area contributed by atoms with E-state index in [0.717, 1.165) is 6.42 Å². The minimum absolute atomic E-state index is 0.245. The van der Waals surface area contributed by atoms with Crippen LogP contribution in [0.2, 0.25) is 0 Å². The van der Waals surface area contributed by atoms with Crippen LogP contribution in [0.5, 0.6) is 0 Å². The summed E-state index contributed by atoms with van der Waals surface area (Å²) in [6.45, 7) is 10.2. The van der Waals surface area contributed by atoms with Crippen LogP contribution >= 0.6 is 0 Å². The molecule has 19 heavy (non-hydrogen) atoms. The summed E-state index contributed by atoms with van der Waals surface area (Å²) >= 11 is 0. The smallest absolute Gasteiger partial charge is 0.309 e. The molecule has 2 unspecified atom stereocenters. The Bertz CT molecular complexity index is 284. The quantitative estimate of drug-likeness (QED) is 0.654. The first-order valence-corrected chi connectivity index (χ1v) is 7.18. The molecule has 0 aliphatic rings. The Hall–Kier alpha value is -1.06. The average molecular weight is 272 g/mol. The van der Waals surface area contributed by atoms with E-state index in [-0.39, 0.29) is 17.8 Å². The largest absolute Gasteiger partial charge is 0.481 e. The van der Waals surface area contributed by atoms with Crippen LogP contribution in [-0.2, 0) is 14.3 Å². The molecule has 0 aliphatic carbocycles. The van der Waals surface area contributed by atoms with Gasteiger partial charge in [0.2, 0.25) is 0 Å². The number of carbonyl (C=O) groups excluding carboxylic acids is 1. The fourth-order valence-corrected chi connectivity index (χ4v) is 2.19. The number of carboxylic acids is 1. The molecule has 112 valence electrons. The zero-order valence-electron chi connectivity index (χ0n) is 12.8. The van der Waals surface area contributed by atoms with E-state index in [0.29, 0.717) is 19.4 Å². The monoisotopic (exact) mass is 272 g/mol. The number of hydrogen-bond acceptors (Lipinski definition) is 3. The van der Waals surface area contributed by atoms with Gasteiger partial charge in [-0.25, -0.2) is 0 Å². The van der Waals surface area contributed by atoms with Crippen molar-refractivity contribution in [2.75, 3.05) is 6.61 Å². The molecule has 2 atom stereocenters. The fraction of sp³-hybridized carbons (Fsp3) is 0.867. The Kier molecular flexibility index (Phi) is 8.44. The Labute approximate surface area is 116 Å². The van der Waals surface area contributed by atoms with Crippen LogP contribution < -0.4 is 0 Å². The second kappa shape index (κ2) is 8.94. The number of hydrogen-bond donors (Lipinski definition) is 1. The maximum atomic E-state index is 12.1. The summed E-state index contributed by atoms with van der Waals surface area (Å²) in [7, 11) is 0. The summed E-state index contributed by atoms with van der Waals surface area (Å²) in [5.74, 6) is -1.92. The zero-order chi connectivity index (χ0) is 15.0. The third kappa shape index (κ3) is 7.19. The van der Waals surface area contributed by atoms with E-state index in [9.17, 15) is 14.7 Å². The van der Waals surface area contributed by atoms with Gasteiger partial charge in [-0.15, -0.1) is 0 Å². The fourth-order valence-electron chi connectivity index (χ4n) is 2.19. The lowest BCUT2D eigenvalue weighted by Gasteiger charge is -2.25. The first-order valence-electron chi connectivity index (χ1n) is 7.18. The summed E-state index contributed by atoms with van der Waals surface area (Å²) in [4.78, 5) is 23.5. The molecule has 4 heteroatoms. The maximum absolute atomic E-state index is 12.1. The first-order chi connectivity index (χ1) is 8.79. The van der Waals surface area contributed by atoms with Gasteiger partial charge in [0.15, 0.2) is 0 Å². The third-order valence-electron chi connectivity index (χ3n) is 3.00. The minimum atomic E-state index is -0.896. The summed E-state index contributed by atoms with van der Waals surface area (Å²) in [5, 5.41) is 9.37. The van der Waals surface area contributed by atoms with Crippen molar-refractivity contribution in [3.8, 4) is 0 Å². The van der Waals surface area contributed by atoms with Crippen LogP contribution in [0.25, 0.3) is 0 Å².